The number of amides is 1. The number of carbonyl (C=O) groups is 3. The Bertz CT molecular complexity index is 1110. The van der Waals surface area contributed by atoms with Crippen LogP contribution in [0.4, 0.5) is 0 Å². The molecule has 2 aromatic rings. The zero-order valence-corrected chi connectivity index (χ0v) is 23.6. The Morgan fingerprint density at radius 2 is 2.00 bits per heavy atom. The highest BCUT2D eigenvalue weighted by molar-refractivity contribution is 7.18. The minimum atomic E-state index is -0.521. The number of nitrogens with one attached hydrogen (secondary N) is 1. The molecule has 1 aliphatic rings. The summed E-state index contributed by atoms with van der Waals surface area (Å²) in [6, 6.07) is 5.35. The van der Waals surface area contributed by atoms with Gasteiger partial charge in [0.2, 0.25) is 5.91 Å². The standard InChI is InChI=1S/C28H38ClN3O4S/c1-5-18(2)23(8-9-25(34)19(3)17-32-10-12-36-13-11-32)31-28(35)21(14-20(4)33)15-27-30-24-7-6-22(29)16-26(24)37-27/h6-7,16,18,21,23H,3,5,8-15,17H2,1-2,4H3,(H,31,35)/t18-,21-,23+/m0/s1. The summed E-state index contributed by atoms with van der Waals surface area (Å²) in [6.07, 6.45) is 2.25. The third-order valence-corrected chi connectivity index (χ3v) is 8.25. The van der Waals surface area contributed by atoms with E-state index in [0.717, 1.165) is 34.7 Å². The van der Waals surface area contributed by atoms with Crippen LogP contribution in [0.2, 0.25) is 5.02 Å². The van der Waals surface area contributed by atoms with Crippen molar-refractivity contribution < 1.29 is 19.1 Å². The molecule has 7 nitrogen and oxygen atoms in total. The maximum Gasteiger partial charge on any atom is 0.224 e. The summed E-state index contributed by atoms with van der Waals surface area (Å²) < 4.78 is 6.33. The van der Waals surface area contributed by atoms with E-state index < -0.39 is 5.92 Å². The number of aromatic nitrogens is 1. The number of halogens is 1. The third-order valence-electron chi connectivity index (χ3n) is 6.97. The van der Waals surface area contributed by atoms with Crippen molar-refractivity contribution in [3.05, 3.63) is 40.4 Å². The zero-order chi connectivity index (χ0) is 26.9. The predicted octanol–water partition coefficient (Wildman–Crippen LogP) is 4.86. The lowest BCUT2D eigenvalue weighted by atomic mass is 9.91. The number of ether oxygens (including phenoxy) is 1. The lowest BCUT2D eigenvalue weighted by Crippen LogP contribution is -2.43. The van der Waals surface area contributed by atoms with Gasteiger partial charge < -0.3 is 14.8 Å². The molecule has 202 valence electrons. The molecule has 3 rings (SSSR count). The van der Waals surface area contributed by atoms with Crippen LogP contribution in [0.15, 0.2) is 30.4 Å². The zero-order valence-electron chi connectivity index (χ0n) is 22.1. The monoisotopic (exact) mass is 547 g/mol. The number of nitrogens with zero attached hydrogens (tertiary/aromatic N) is 2. The van der Waals surface area contributed by atoms with Gasteiger partial charge in [-0.25, -0.2) is 4.98 Å². The van der Waals surface area contributed by atoms with E-state index in [1.807, 2.05) is 12.1 Å². The SMILES string of the molecule is C=C(CN1CCOCC1)C(=O)CC[C@@H](NC(=O)[C@@H](CC(C)=O)Cc1nc2ccc(Cl)cc2s1)[C@@H](C)CC. The summed E-state index contributed by atoms with van der Waals surface area (Å²) in [4.78, 5) is 45.1. The molecule has 0 aliphatic carbocycles. The van der Waals surface area contributed by atoms with Crippen molar-refractivity contribution in [1.82, 2.24) is 15.2 Å². The summed E-state index contributed by atoms with van der Waals surface area (Å²) >= 11 is 7.60. The van der Waals surface area contributed by atoms with Gasteiger partial charge in [0.05, 0.1) is 34.4 Å². The molecule has 9 heteroatoms. The number of Topliss-reactive ketones (excluding diaryl/α,β-unsaturated/α-hetero) is 2. The van der Waals surface area contributed by atoms with Gasteiger partial charge in [0.15, 0.2) is 5.78 Å². The van der Waals surface area contributed by atoms with Gasteiger partial charge in [-0.3, -0.25) is 14.5 Å². The summed E-state index contributed by atoms with van der Waals surface area (Å²) in [6.45, 7) is 13.2. The van der Waals surface area contributed by atoms with E-state index in [2.05, 4.69) is 35.6 Å². The Hall–Kier alpha value is -2.13. The number of fused-ring (bicyclic) bond motifs is 1. The predicted molar refractivity (Wildman–Crippen MR) is 149 cm³/mol. The topological polar surface area (TPSA) is 88.6 Å². The van der Waals surface area contributed by atoms with Crippen LogP contribution in [0.5, 0.6) is 0 Å². The number of hydrogen-bond acceptors (Lipinski definition) is 7. The Balaban J connectivity index is 1.63. The minimum Gasteiger partial charge on any atom is -0.379 e. The van der Waals surface area contributed by atoms with Gasteiger partial charge >= 0.3 is 0 Å². The van der Waals surface area contributed by atoms with Crippen LogP contribution < -0.4 is 5.32 Å². The van der Waals surface area contributed by atoms with Crippen LogP contribution in [0.3, 0.4) is 0 Å². The summed E-state index contributed by atoms with van der Waals surface area (Å²) in [5, 5.41) is 4.61. The van der Waals surface area contributed by atoms with Crippen molar-refractivity contribution in [2.45, 2.75) is 58.9 Å². The molecule has 1 aliphatic heterocycles. The number of hydrogen-bond donors (Lipinski definition) is 1. The molecular weight excluding hydrogens is 510 g/mol. The molecule has 1 N–H and O–H groups in total. The van der Waals surface area contributed by atoms with Crippen molar-refractivity contribution in [2.24, 2.45) is 11.8 Å². The smallest absolute Gasteiger partial charge is 0.224 e. The van der Waals surface area contributed by atoms with Crippen LogP contribution in [0.1, 0.15) is 51.5 Å². The quantitative estimate of drug-likeness (QED) is 0.340. The van der Waals surface area contributed by atoms with Crippen molar-refractivity contribution in [2.75, 3.05) is 32.8 Å². The maximum atomic E-state index is 13.4. The average Bonchev–Trinajstić information content (AvgIpc) is 3.26. The molecule has 1 aromatic heterocycles. The Morgan fingerprint density at radius 1 is 1.27 bits per heavy atom. The second-order valence-electron chi connectivity index (χ2n) is 9.98. The number of benzene rings is 1. The van der Waals surface area contributed by atoms with Gasteiger partial charge in [0, 0.05) is 55.5 Å². The summed E-state index contributed by atoms with van der Waals surface area (Å²) in [5.41, 5.74) is 1.43. The number of morpholine rings is 1. The molecule has 0 saturated carbocycles. The van der Waals surface area contributed by atoms with Gasteiger partial charge in [-0.2, -0.15) is 0 Å². The largest absolute Gasteiger partial charge is 0.379 e. The fourth-order valence-electron chi connectivity index (χ4n) is 4.51. The molecular formula is C28H38ClN3O4S. The Labute approximate surface area is 228 Å². The van der Waals surface area contributed by atoms with Crippen LogP contribution in [0, 0.1) is 11.8 Å². The van der Waals surface area contributed by atoms with Gasteiger partial charge in [0.1, 0.15) is 5.78 Å². The van der Waals surface area contributed by atoms with Crippen molar-refractivity contribution in [3.63, 3.8) is 0 Å². The molecule has 0 radical (unpaired) electrons. The second-order valence-corrected chi connectivity index (χ2v) is 11.5. The number of thiazole rings is 1. The molecule has 0 bridgehead atoms. The average molecular weight is 548 g/mol. The van der Waals surface area contributed by atoms with E-state index >= 15 is 0 Å². The van der Waals surface area contributed by atoms with Gasteiger partial charge in [-0.05, 0) is 37.5 Å². The van der Waals surface area contributed by atoms with E-state index in [1.54, 1.807) is 6.07 Å². The first kappa shape index (κ1) is 29.4. The normalized spacial score (nSPS) is 16.8. The van der Waals surface area contributed by atoms with E-state index in [0.29, 0.717) is 49.6 Å². The van der Waals surface area contributed by atoms with Crippen LogP contribution >= 0.6 is 22.9 Å². The molecule has 1 fully saturated rings. The van der Waals surface area contributed by atoms with Gasteiger partial charge in [-0.15, -0.1) is 11.3 Å². The van der Waals surface area contributed by atoms with E-state index in [9.17, 15) is 14.4 Å². The minimum absolute atomic E-state index is 0.0301. The number of carbonyl (C=O) groups excluding carboxylic acids is 3. The fraction of sp³-hybridized carbons (Fsp3) is 0.571. The first-order valence-electron chi connectivity index (χ1n) is 13.0. The van der Waals surface area contributed by atoms with E-state index in [4.69, 9.17) is 16.3 Å². The first-order valence-corrected chi connectivity index (χ1v) is 14.2. The van der Waals surface area contributed by atoms with Crippen LogP contribution in [-0.2, 0) is 25.5 Å². The lowest BCUT2D eigenvalue weighted by Gasteiger charge is -2.28. The molecule has 0 spiro atoms. The van der Waals surface area contributed by atoms with Crippen molar-refractivity contribution >= 4 is 50.6 Å². The first-order chi connectivity index (χ1) is 17.7. The molecule has 3 atom stereocenters. The molecule has 2 heterocycles. The van der Waals surface area contributed by atoms with E-state index in [-0.39, 0.29) is 35.9 Å². The fourth-order valence-corrected chi connectivity index (χ4v) is 5.84. The van der Waals surface area contributed by atoms with Crippen molar-refractivity contribution in [3.8, 4) is 0 Å². The maximum absolute atomic E-state index is 13.4. The number of rotatable bonds is 14. The summed E-state index contributed by atoms with van der Waals surface area (Å²) in [5.74, 6) is -0.516. The second kappa shape index (κ2) is 14.1. The lowest BCUT2D eigenvalue weighted by molar-refractivity contribution is -0.129. The third kappa shape index (κ3) is 8.99. The molecule has 0 unspecified atom stereocenters. The van der Waals surface area contributed by atoms with Gasteiger partial charge in [0.25, 0.3) is 0 Å². The Kier molecular flexibility index (Phi) is 11.2. The van der Waals surface area contributed by atoms with Gasteiger partial charge in [-0.1, -0.05) is 38.4 Å². The molecule has 1 aromatic carbocycles. The van der Waals surface area contributed by atoms with Crippen LogP contribution in [-0.4, -0.2) is 66.2 Å². The molecule has 37 heavy (non-hydrogen) atoms. The highest BCUT2D eigenvalue weighted by Gasteiger charge is 2.27. The van der Waals surface area contributed by atoms with Crippen LogP contribution in [0.25, 0.3) is 10.2 Å². The highest BCUT2D eigenvalue weighted by Crippen LogP contribution is 2.28. The molecule has 1 amide bonds. The van der Waals surface area contributed by atoms with Crippen molar-refractivity contribution in [1.29, 1.82) is 0 Å². The molecule has 1 saturated heterocycles. The number of ketones is 2. The Morgan fingerprint density at radius 3 is 2.68 bits per heavy atom. The summed E-state index contributed by atoms with van der Waals surface area (Å²) in [7, 11) is 0. The van der Waals surface area contributed by atoms with E-state index in [1.165, 1.54) is 18.3 Å². The highest BCUT2D eigenvalue weighted by atomic mass is 35.5.